The van der Waals surface area contributed by atoms with E-state index in [0.29, 0.717) is 5.75 Å². The second-order valence-electron chi connectivity index (χ2n) is 4.30. The minimum absolute atomic E-state index is 0.201. The number of para-hydroxylation sites is 1. The fraction of sp³-hybridized carbons (Fsp3) is 0.500. The maximum Gasteiger partial charge on any atom is 0.179 e. The van der Waals surface area contributed by atoms with Gasteiger partial charge >= 0.3 is 0 Å². The zero-order valence-electron chi connectivity index (χ0n) is 10.1. The van der Waals surface area contributed by atoms with Crippen LogP contribution < -0.4 is 10.1 Å². The molecular weight excluding hydrogens is 238 g/mol. The number of ether oxygens (including phenoxy) is 1. The smallest absolute Gasteiger partial charge is 0.179 e. The van der Waals surface area contributed by atoms with Gasteiger partial charge in [0.2, 0.25) is 0 Å². The Morgan fingerprint density at radius 1 is 1.41 bits per heavy atom. The van der Waals surface area contributed by atoms with Crippen LogP contribution in [-0.2, 0) is 9.84 Å². The van der Waals surface area contributed by atoms with Crippen molar-refractivity contribution in [3.8, 4) is 5.75 Å². The summed E-state index contributed by atoms with van der Waals surface area (Å²) in [5, 5.41) is 3.35. The molecule has 1 aromatic rings. The van der Waals surface area contributed by atoms with E-state index in [2.05, 4.69) is 5.32 Å². The standard InChI is InChI=1S/C12H17NO3S/c1-16-12-9(10-6-4-8-13-10)5-3-7-11(12)17(2,14)15/h3,5,7,10,13H,4,6,8H2,1-2H3. The molecule has 5 heteroatoms. The first-order valence-electron chi connectivity index (χ1n) is 5.64. The van der Waals surface area contributed by atoms with Crippen molar-refractivity contribution in [2.45, 2.75) is 23.8 Å². The third-order valence-corrected chi connectivity index (χ3v) is 4.17. The average Bonchev–Trinajstić information content (AvgIpc) is 2.80. The highest BCUT2D eigenvalue weighted by molar-refractivity contribution is 7.90. The molecular formula is C12H17NO3S. The normalized spacial score (nSPS) is 20.5. The molecule has 1 aromatic carbocycles. The zero-order valence-corrected chi connectivity index (χ0v) is 10.9. The predicted molar refractivity (Wildman–Crippen MR) is 66.1 cm³/mol. The topological polar surface area (TPSA) is 55.4 Å². The number of hydrogen-bond acceptors (Lipinski definition) is 4. The molecule has 2 rings (SSSR count). The van der Waals surface area contributed by atoms with Crippen molar-refractivity contribution < 1.29 is 13.2 Å². The minimum Gasteiger partial charge on any atom is -0.495 e. The number of sulfone groups is 1. The summed E-state index contributed by atoms with van der Waals surface area (Å²) in [6, 6.07) is 5.49. The quantitative estimate of drug-likeness (QED) is 0.889. The molecule has 0 radical (unpaired) electrons. The maximum absolute atomic E-state index is 11.7. The van der Waals surface area contributed by atoms with Crippen LogP contribution in [0.15, 0.2) is 23.1 Å². The minimum atomic E-state index is -3.25. The van der Waals surface area contributed by atoms with E-state index in [9.17, 15) is 8.42 Å². The Morgan fingerprint density at radius 2 is 2.18 bits per heavy atom. The van der Waals surface area contributed by atoms with Crippen molar-refractivity contribution in [1.82, 2.24) is 5.32 Å². The summed E-state index contributed by atoms with van der Waals surface area (Å²) in [6.07, 6.45) is 3.33. The van der Waals surface area contributed by atoms with Crippen LogP contribution in [0.4, 0.5) is 0 Å². The fourth-order valence-electron chi connectivity index (χ4n) is 2.27. The Morgan fingerprint density at radius 3 is 2.71 bits per heavy atom. The molecule has 0 spiro atoms. The van der Waals surface area contributed by atoms with Crippen molar-refractivity contribution in [2.24, 2.45) is 0 Å². The molecule has 0 aromatic heterocycles. The van der Waals surface area contributed by atoms with Crippen LogP contribution in [0.25, 0.3) is 0 Å². The third-order valence-electron chi connectivity index (χ3n) is 3.05. The van der Waals surface area contributed by atoms with Gasteiger partial charge in [0.25, 0.3) is 0 Å². The van der Waals surface area contributed by atoms with Gasteiger partial charge in [0.1, 0.15) is 10.6 Å². The monoisotopic (exact) mass is 255 g/mol. The van der Waals surface area contributed by atoms with Crippen molar-refractivity contribution in [2.75, 3.05) is 19.9 Å². The van der Waals surface area contributed by atoms with Gasteiger partial charge in [-0.25, -0.2) is 8.42 Å². The summed E-state index contributed by atoms with van der Waals surface area (Å²) in [4.78, 5) is 0.270. The Bertz CT molecular complexity index is 504. The van der Waals surface area contributed by atoms with Gasteiger partial charge in [-0.3, -0.25) is 0 Å². The number of methoxy groups -OCH3 is 1. The summed E-state index contributed by atoms with van der Waals surface area (Å²) < 4.78 is 28.7. The third kappa shape index (κ3) is 2.45. The first-order chi connectivity index (χ1) is 8.04. The summed E-state index contributed by atoms with van der Waals surface area (Å²) in [5.74, 6) is 0.481. The Hall–Kier alpha value is -1.07. The van der Waals surface area contributed by atoms with E-state index in [0.717, 1.165) is 24.9 Å². The number of benzene rings is 1. The molecule has 17 heavy (non-hydrogen) atoms. The molecule has 1 N–H and O–H groups in total. The molecule has 0 amide bonds. The number of hydrogen-bond donors (Lipinski definition) is 1. The molecule has 0 saturated carbocycles. The number of nitrogens with one attached hydrogen (secondary N) is 1. The lowest BCUT2D eigenvalue weighted by Crippen LogP contribution is -2.15. The summed E-state index contributed by atoms with van der Waals surface area (Å²) in [5.41, 5.74) is 0.938. The molecule has 1 atom stereocenters. The molecule has 1 unspecified atom stereocenters. The highest BCUT2D eigenvalue weighted by Crippen LogP contribution is 2.35. The Balaban J connectivity index is 2.53. The van der Waals surface area contributed by atoms with Crippen LogP contribution in [0, 0.1) is 0 Å². The van der Waals surface area contributed by atoms with Gasteiger partial charge in [0, 0.05) is 17.9 Å². The Kier molecular flexibility index (Phi) is 3.40. The van der Waals surface area contributed by atoms with Crippen molar-refractivity contribution in [3.63, 3.8) is 0 Å². The molecule has 1 aliphatic rings. The van der Waals surface area contributed by atoms with Gasteiger partial charge in [-0.15, -0.1) is 0 Å². The molecule has 0 aliphatic carbocycles. The van der Waals surface area contributed by atoms with Crippen LogP contribution in [0.3, 0.4) is 0 Å². The van der Waals surface area contributed by atoms with E-state index in [4.69, 9.17) is 4.74 Å². The highest BCUT2D eigenvalue weighted by Gasteiger charge is 2.24. The SMILES string of the molecule is COc1c(C2CCCN2)cccc1S(C)(=O)=O. The largest absolute Gasteiger partial charge is 0.495 e. The second kappa shape index (κ2) is 4.66. The molecule has 1 saturated heterocycles. The second-order valence-corrected chi connectivity index (χ2v) is 6.28. The van der Waals surface area contributed by atoms with Gasteiger partial charge in [0.05, 0.1) is 7.11 Å². The van der Waals surface area contributed by atoms with Crippen molar-refractivity contribution >= 4 is 9.84 Å². The van der Waals surface area contributed by atoms with E-state index in [1.165, 1.54) is 13.4 Å². The van der Waals surface area contributed by atoms with Crippen LogP contribution in [0.5, 0.6) is 5.75 Å². The summed E-state index contributed by atoms with van der Waals surface area (Å²) in [6.45, 7) is 0.969. The van der Waals surface area contributed by atoms with Crippen LogP contribution >= 0.6 is 0 Å². The lowest BCUT2D eigenvalue weighted by Gasteiger charge is -2.17. The van der Waals surface area contributed by atoms with Crippen LogP contribution in [-0.4, -0.2) is 28.3 Å². The Labute approximate surface area is 102 Å². The molecule has 1 aliphatic heterocycles. The van der Waals surface area contributed by atoms with Gasteiger partial charge in [-0.05, 0) is 25.5 Å². The van der Waals surface area contributed by atoms with E-state index in [1.54, 1.807) is 12.1 Å². The van der Waals surface area contributed by atoms with Gasteiger partial charge in [-0.2, -0.15) is 0 Å². The molecule has 1 fully saturated rings. The molecule has 4 nitrogen and oxygen atoms in total. The van der Waals surface area contributed by atoms with E-state index >= 15 is 0 Å². The fourth-order valence-corrected chi connectivity index (χ4v) is 3.13. The molecule has 94 valence electrons. The summed E-state index contributed by atoms with van der Waals surface area (Å²) in [7, 11) is -1.73. The average molecular weight is 255 g/mol. The summed E-state index contributed by atoms with van der Waals surface area (Å²) >= 11 is 0. The number of rotatable bonds is 3. The lowest BCUT2D eigenvalue weighted by atomic mass is 10.0. The lowest BCUT2D eigenvalue weighted by molar-refractivity contribution is 0.391. The first kappa shape index (κ1) is 12.4. The zero-order chi connectivity index (χ0) is 12.5. The van der Waals surface area contributed by atoms with Gasteiger partial charge in [0.15, 0.2) is 9.84 Å². The van der Waals surface area contributed by atoms with Crippen molar-refractivity contribution in [1.29, 1.82) is 0 Å². The van der Waals surface area contributed by atoms with Crippen LogP contribution in [0.2, 0.25) is 0 Å². The van der Waals surface area contributed by atoms with E-state index < -0.39 is 9.84 Å². The van der Waals surface area contributed by atoms with Gasteiger partial charge < -0.3 is 10.1 Å². The first-order valence-corrected chi connectivity index (χ1v) is 7.53. The van der Waals surface area contributed by atoms with E-state index in [1.807, 2.05) is 6.07 Å². The highest BCUT2D eigenvalue weighted by atomic mass is 32.2. The van der Waals surface area contributed by atoms with Crippen molar-refractivity contribution in [3.05, 3.63) is 23.8 Å². The van der Waals surface area contributed by atoms with Crippen LogP contribution in [0.1, 0.15) is 24.4 Å². The maximum atomic E-state index is 11.7. The predicted octanol–water partition coefficient (Wildman–Crippen LogP) is 1.52. The van der Waals surface area contributed by atoms with Gasteiger partial charge in [-0.1, -0.05) is 12.1 Å². The molecule has 1 heterocycles. The van der Waals surface area contributed by atoms with E-state index in [-0.39, 0.29) is 10.9 Å². The molecule has 0 bridgehead atoms.